The van der Waals surface area contributed by atoms with E-state index in [1.54, 1.807) is 23.2 Å². The van der Waals surface area contributed by atoms with E-state index >= 15 is 0 Å². The summed E-state index contributed by atoms with van der Waals surface area (Å²) in [6, 6.07) is 1.15. The lowest BCUT2D eigenvalue weighted by Gasteiger charge is -2.40. The number of carbonyl (C=O) groups is 2. The highest BCUT2D eigenvalue weighted by Crippen LogP contribution is 2.28. The molecule has 1 fully saturated rings. The summed E-state index contributed by atoms with van der Waals surface area (Å²) in [5.74, 6) is 0.0968. The van der Waals surface area contributed by atoms with E-state index in [4.69, 9.17) is 0 Å². The predicted molar refractivity (Wildman–Crippen MR) is 83.4 cm³/mol. The Morgan fingerprint density at radius 2 is 2.20 bits per heavy atom. The van der Waals surface area contributed by atoms with Crippen LogP contribution in [0.5, 0.6) is 0 Å². The van der Waals surface area contributed by atoms with Crippen LogP contribution in [-0.2, 0) is 16.1 Å². The number of amides is 2. The Kier molecular flexibility index (Phi) is 4.86. The van der Waals surface area contributed by atoms with Crippen molar-refractivity contribution < 1.29 is 9.59 Å². The topological polar surface area (TPSA) is 49.4 Å². The monoisotopic (exact) mass is 358 g/mol. The second kappa shape index (κ2) is 6.26. The Balaban J connectivity index is 2.29. The van der Waals surface area contributed by atoms with Crippen molar-refractivity contribution in [3.63, 3.8) is 0 Å². The lowest BCUT2D eigenvalue weighted by molar-refractivity contribution is -0.151. The molecule has 0 radical (unpaired) electrons. The van der Waals surface area contributed by atoms with Crippen LogP contribution in [-0.4, -0.2) is 28.8 Å². The summed E-state index contributed by atoms with van der Waals surface area (Å²) in [6.07, 6.45) is 0.863. The van der Waals surface area contributed by atoms with Gasteiger partial charge in [-0.2, -0.15) is 0 Å². The summed E-state index contributed by atoms with van der Waals surface area (Å²) in [7, 11) is 0. The maximum absolute atomic E-state index is 12.4. The smallest absolute Gasteiger partial charge is 0.245 e. The van der Waals surface area contributed by atoms with Gasteiger partial charge in [-0.3, -0.25) is 9.59 Å². The molecule has 1 aliphatic rings. The molecule has 1 aromatic rings. The minimum atomic E-state index is -0.443. The highest BCUT2D eigenvalue weighted by Gasteiger charge is 2.41. The number of carbonyl (C=O) groups excluding carboxylic acids is 2. The number of thiophene rings is 1. The lowest BCUT2D eigenvalue weighted by atomic mass is 9.93. The molecule has 0 saturated carbocycles. The van der Waals surface area contributed by atoms with Crippen molar-refractivity contribution in [2.24, 2.45) is 5.92 Å². The number of hydrogen-bond acceptors (Lipinski definition) is 3. The molecule has 0 aliphatic carbocycles. The van der Waals surface area contributed by atoms with Crippen molar-refractivity contribution in [3.05, 3.63) is 20.8 Å². The Hall–Kier alpha value is -0.880. The maximum Gasteiger partial charge on any atom is 0.245 e. The fourth-order valence-electron chi connectivity index (χ4n) is 2.45. The van der Waals surface area contributed by atoms with Crippen molar-refractivity contribution in [2.75, 3.05) is 0 Å². The van der Waals surface area contributed by atoms with E-state index in [0.717, 1.165) is 15.8 Å². The molecule has 4 nitrogen and oxygen atoms in total. The van der Waals surface area contributed by atoms with Crippen LogP contribution in [0.25, 0.3) is 0 Å². The van der Waals surface area contributed by atoms with Gasteiger partial charge in [0.05, 0.1) is 6.54 Å². The van der Waals surface area contributed by atoms with Gasteiger partial charge in [0.2, 0.25) is 11.8 Å². The van der Waals surface area contributed by atoms with E-state index in [9.17, 15) is 9.59 Å². The van der Waals surface area contributed by atoms with Gasteiger partial charge >= 0.3 is 0 Å². The minimum Gasteiger partial charge on any atom is -0.343 e. The first-order chi connectivity index (χ1) is 9.45. The van der Waals surface area contributed by atoms with Crippen molar-refractivity contribution in [3.8, 4) is 0 Å². The van der Waals surface area contributed by atoms with Gasteiger partial charge in [-0.1, -0.05) is 20.3 Å². The Morgan fingerprint density at radius 3 is 2.75 bits per heavy atom. The SMILES string of the molecule is CCC(C)C1C(=O)NC(C)C(=O)N1Cc1sccc1Br. The standard InChI is InChI=1S/C14H19BrN2O2S/c1-4-8(2)12-13(18)16-9(3)14(19)17(12)7-11-10(15)5-6-20-11/h5-6,8-9,12H,4,7H2,1-3H3,(H,16,18). The number of hydrogen-bond donors (Lipinski definition) is 1. The summed E-state index contributed by atoms with van der Waals surface area (Å²) in [4.78, 5) is 27.5. The van der Waals surface area contributed by atoms with Crippen molar-refractivity contribution in [1.29, 1.82) is 0 Å². The molecule has 0 spiro atoms. The van der Waals surface area contributed by atoms with Gasteiger partial charge in [-0.05, 0) is 40.2 Å². The predicted octanol–water partition coefficient (Wildman–Crippen LogP) is 2.77. The van der Waals surface area contributed by atoms with Crippen LogP contribution in [0.1, 0.15) is 32.1 Å². The lowest BCUT2D eigenvalue weighted by Crippen LogP contribution is -2.63. The second-order valence-electron chi connectivity index (χ2n) is 5.22. The van der Waals surface area contributed by atoms with Gasteiger partial charge < -0.3 is 10.2 Å². The fraction of sp³-hybridized carbons (Fsp3) is 0.571. The van der Waals surface area contributed by atoms with E-state index in [2.05, 4.69) is 21.2 Å². The van der Waals surface area contributed by atoms with Crippen LogP contribution in [0.4, 0.5) is 0 Å². The molecule has 1 aliphatic heterocycles. The van der Waals surface area contributed by atoms with Gasteiger partial charge in [0, 0.05) is 9.35 Å². The van der Waals surface area contributed by atoms with Crippen LogP contribution >= 0.6 is 27.3 Å². The molecule has 110 valence electrons. The molecule has 3 atom stereocenters. The fourth-order valence-corrected chi connectivity index (χ4v) is 3.92. The van der Waals surface area contributed by atoms with Gasteiger partial charge in [0.15, 0.2) is 0 Å². The van der Waals surface area contributed by atoms with Crippen LogP contribution in [0.15, 0.2) is 15.9 Å². The third kappa shape index (κ3) is 2.91. The zero-order valence-electron chi connectivity index (χ0n) is 11.9. The van der Waals surface area contributed by atoms with Crippen molar-refractivity contribution in [1.82, 2.24) is 10.2 Å². The third-order valence-electron chi connectivity index (χ3n) is 3.80. The summed E-state index contributed by atoms with van der Waals surface area (Å²) in [5.41, 5.74) is 0. The highest BCUT2D eigenvalue weighted by molar-refractivity contribution is 9.10. The quantitative estimate of drug-likeness (QED) is 0.899. The molecule has 20 heavy (non-hydrogen) atoms. The van der Waals surface area contributed by atoms with E-state index in [1.807, 2.05) is 25.3 Å². The number of nitrogens with zero attached hydrogens (tertiary/aromatic N) is 1. The summed E-state index contributed by atoms with van der Waals surface area (Å²) >= 11 is 5.09. The number of piperazine rings is 1. The molecule has 0 bridgehead atoms. The van der Waals surface area contributed by atoms with Crippen LogP contribution in [0.2, 0.25) is 0 Å². The van der Waals surface area contributed by atoms with Crippen LogP contribution < -0.4 is 5.32 Å². The van der Waals surface area contributed by atoms with E-state index in [-0.39, 0.29) is 23.8 Å². The van der Waals surface area contributed by atoms with Gasteiger partial charge in [-0.15, -0.1) is 11.3 Å². The number of halogens is 1. The van der Waals surface area contributed by atoms with E-state index in [1.165, 1.54) is 0 Å². The third-order valence-corrected chi connectivity index (χ3v) is 5.72. The first-order valence-corrected chi connectivity index (χ1v) is 8.45. The highest BCUT2D eigenvalue weighted by atomic mass is 79.9. The Morgan fingerprint density at radius 1 is 1.50 bits per heavy atom. The molecular formula is C14H19BrN2O2S. The number of nitrogens with one attached hydrogen (secondary N) is 1. The molecule has 2 amide bonds. The molecular weight excluding hydrogens is 340 g/mol. The zero-order valence-corrected chi connectivity index (χ0v) is 14.3. The average Bonchev–Trinajstić information content (AvgIpc) is 2.80. The molecule has 3 unspecified atom stereocenters. The first kappa shape index (κ1) is 15.5. The minimum absolute atomic E-state index is 0.00444. The normalized spacial score (nSPS) is 24.7. The molecule has 2 rings (SSSR count). The van der Waals surface area contributed by atoms with E-state index < -0.39 is 6.04 Å². The van der Waals surface area contributed by atoms with Gasteiger partial charge in [0.1, 0.15) is 12.1 Å². The first-order valence-electron chi connectivity index (χ1n) is 6.78. The largest absolute Gasteiger partial charge is 0.343 e. The van der Waals surface area contributed by atoms with Crippen molar-refractivity contribution >= 4 is 39.1 Å². The molecule has 1 N–H and O–H groups in total. The van der Waals surface area contributed by atoms with E-state index in [0.29, 0.717) is 6.54 Å². The summed E-state index contributed by atoms with van der Waals surface area (Å²) < 4.78 is 0.997. The molecule has 1 saturated heterocycles. The summed E-state index contributed by atoms with van der Waals surface area (Å²) in [6.45, 7) is 6.29. The van der Waals surface area contributed by atoms with Crippen LogP contribution in [0.3, 0.4) is 0 Å². The van der Waals surface area contributed by atoms with Crippen LogP contribution in [0, 0.1) is 5.92 Å². The Labute approximate surface area is 131 Å². The average molecular weight is 359 g/mol. The molecule has 6 heteroatoms. The van der Waals surface area contributed by atoms with Crippen molar-refractivity contribution in [2.45, 2.75) is 45.8 Å². The molecule has 2 heterocycles. The number of rotatable bonds is 4. The maximum atomic E-state index is 12.4. The molecule has 0 aromatic carbocycles. The zero-order chi connectivity index (χ0) is 14.9. The van der Waals surface area contributed by atoms with Gasteiger partial charge in [-0.25, -0.2) is 0 Å². The second-order valence-corrected chi connectivity index (χ2v) is 7.07. The molecule has 1 aromatic heterocycles. The van der Waals surface area contributed by atoms with Gasteiger partial charge in [0.25, 0.3) is 0 Å². The Bertz CT molecular complexity index is 517. The summed E-state index contributed by atoms with van der Waals surface area (Å²) in [5, 5.41) is 4.76.